The summed E-state index contributed by atoms with van der Waals surface area (Å²) in [6.07, 6.45) is -6.68. The van der Waals surface area contributed by atoms with Crippen molar-refractivity contribution < 1.29 is 86.9 Å². The predicted molar refractivity (Wildman–Crippen MR) is 362 cm³/mol. The number of pyridine rings is 1. The van der Waals surface area contributed by atoms with E-state index in [0.717, 1.165) is 69.8 Å². The molecule has 10 atom stereocenters. The number of benzene rings is 1. The molecule has 0 saturated carbocycles. The number of aromatic hydroxyl groups is 1. The Morgan fingerprint density at radius 2 is 1.54 bits per heavy atom. The average molecular weight is 1480 g/mol. The number of aliphatic hydroxyl groups excluding tert-OH is 1. The van der Waals surface area contributed by atoms with Gasteiger partial charge >= 0.3 is 11.9 Å². The number of rotatable bonds is 9. The van der Waals surface area contributed by atoms with Crippen LogP contribution in [0.15, 0.2) is 56.9 Å². The molecule has 3 saturated heterocycles. The van der Waals surface area contributed by atoms with Gasteiger partial charge in [0.15, 0.2) is 18.1 Å². The molecule has 8 N–H and O–H groups in total. The number of hydrogen-bond acceptors (Lipinski definition) is 31. The number of likely N-dealkylation sites (N-methyl/N-ethyl adjacent to an activating group) is 1. The molecule has 13 heterocycles. The maximum absolute atomic E-state index is 15.2. The third-order valence-electron chi connectivity index (χ3n) is 18.1. The minimum atomic E-state index is -1.83. The van der Waals surface area contributed by atoms with Crippen LogP contribution in [0.25, 0.3) is 49.3 Å². The number of nitrogens with zero attached hydrogens (tertiary/aromatic N) is 9. The lowest BCUT2D eigenvalue weighted by atomic mass is 9.86. The number of carbonyl (C=O) groups is 7. The van der Waals surface area contributed by atoms with E-state index in [4.69, 9.17) is 52.8 Å². The van der Waals surface area contributed by atoms with Crippen molar-refractivity contribution in [3.63, 3.8) is 0 Å². The van der Waals surface area contributed by atoms with Crippen LogP contribution in [-0.4, -0.2) is 217 Å². The zero-order valence-corrected chi connectivity index (χ0v) is 58.8. The standard InChI is InChI=1S/C64H66N14O18S5/c1-27(79)43-56(85)74-44(28(2)89-6)59-70-38(25-99-59)55(84)75-47-49-50(96-41-17-64(4)51(29(3)95-41)76(5)26-94-64)63(87)92-18-30-8-7-9-39-42(30)32(19-91-49)48(78(39)88)62(86)93-20-33(66-53(82)36-24-101-61(47)71-36)58-67-34(21-98-58)45-31(57-68-37(23-97-57)54(83)73-43)16-40(80)46(72-45)60-69-35(22-100-60)52(81)65-10-11-77-12-14-90-15-13-77/h7-9,16,21-25,27,29,33,41,43,47,49-51,79-80,88H,10-15,17-20,26H2,1-6H3,(H,65,81)(H,66,82)(H,73,83)(H,74,85)(H,75,84)/b44-28+. The molecule has 37 heteroatoms. The van der Waals surface area contributed by atoms with Crippen LogP contribution in [0.2, 0.25) is 0 Å². The first-order chi connectivity index (χ1) is 48.6. The molecule has 14 rings (SSSR count). The number of morpholine rings is 1. The number of allylic oxidation sites excluding steroid dienone is 1. The third-order valence-corrected chi connectivity index (χ3v) is 22.5. The number of fused-ring (bicyclic) bond motifs is 16. The topological polar surface area (TPSA) is 403 Å². The number of hydrogen-bond donors (Lipinski definition) is 8. The number of esters is 2. The van der Waals surface area contributed by atoms with Gasteiger partial charge < -0.3 is 79.9 Å². The fourth-order valence-electron chi connectivity index (χ4n) is 13.0. The summed E-state index contributed by atoms with van der Waals surface area (Å²) in [5.41, 5.74) is -1.26. The Morgan fingerprint density at radius 3 is 2.33 bits per heavy atom. The van der Waals surface area contributed by atoms with Crippen molar-refractivity contribution >= 4 is 115 Å². The molecule has 1 aromatic carbocycles. The largest absolute Gasteiger partial charge is 0.506 e. The van der Waals surface area contributed by atoms with E-state index in [2.05, 4.69) is 46.4 Å². The first-order valence-electron chi connectivity index (χ1n) is 31.8. The van der Waals surface area contributed by atoms with Gasteiger partial charge in [0.25, 0.3) is 23.6 Å². The molecule has 3 fully saturated rings. The average Bonchev–Trinajstić information content (AvgIpc) is 1.64. The van der Waals surface area contributed by atoms with Gasteiger partial charge in [0.1, 0.15) is 120 Å². The van der Waals surface area contributed by atoms with Crippen molar-refractivity contribution in [2.45, 2.75) is 108 Å². The first-order valence-corrected chi connectivity index (χ1v) is 36.2. The zero-order valence-electron chi connectivity index (χ0n) is 54.7. The van der Waals surface area contributed by atoms with E-state index in [1.807, 2.05) is 25.8 Å². The Bertz CT molecular complexity index is 4620. The molecule has 6 aliphatic heterocycles. The van der Waals surface area contributed by atoms with Crippen molar-refractivity contribution in [3.8, 4) is 38.4 Å². The summed E-state index contributed by atoms with van der Waals surface area (Å²) in [4.78, 5) is 136. The highest BCUT2D eigenvalue weighted by Gasteiger charge is 2.54. The molecule has 101 heavy (non-hydrogen) atoms. The smallest absolute Gasteiger partial charge is 0.358 e. The number of ether oxygens (including phenoxy) is 8. The Hall–Kier alpha value is -8.83. The van der Waals surface area contributed by atoms with Gasteiger partial charge in [-0.25, -0.2) is 39.5 Å². The van der Waals surface area contributed by atoms with Crippen LogP contribution in [0.3, 0.4) is 0 Å². The molecule has 12 bridgehead atoms. The van der Waals surface area contributed by atoms with E-state index in [9.17, 15) is 29.8 Å². The summed E-state index contributed by atoms with van der Waals surface area (Å²) in [6.45, 7) is 8.71. The molecule has 0 spiro atoms. The SMILES string of the molecule is CO/C(C)=C1/NC(=O)C(C(C)O)NC(=O)c2csc(n2)-c2cc(O)c(-c3nc(C(=O)NCCN4CCOCC4)cs3)nc2-c2csc(n2)C2COC(=O)c3c4c5c(cccc5n3O)COC(=O)C(OC3CC5(C)OCN(C)C5C(C)O3)C(OC4)C(NC(=O)c3csc1n3)c1nc(cs1)C(=O)N2. The van der Waals surface area contributed by atoms with Gasteiger partial charge in [-0.05, 0) is 52.4 Å². The molecule has 0 aliphatic carbocycles. The highest BCUT2D eigenvalue weighted by Crippen LogP contribution is 2.44. The number of amides is 5. The van der Waals surface area contributed by atoms with Crippen LogP contribution in [0.1, 0.15) is 125 Å². The summed E-state index contributed by atoms with van der Waals surface area (Å²) in [7, 11) is 3.23. The molecule has 5 amide bonds. The third kappa shape index (κ3) is 13.7. The summed E-state index contributed by atoms with van der Waals surface area (Å²) in [6, 6.07) is 1.31. The van der Waals surface area contributed by atoms with Crippen LogP contribution in [0, 0.1) is 0 Å². The Labute approximate surface area is 593 Å². The molecule has 32 nitrogen and oxygen atoms in total. The van der Waals surface area contributed by atoms with Crippen molar-refractivity contribution in [1.82, 2.24) is 71.0 Å². The van der Waals surface area contributed by atoms with E-state index in [0.29, 0.717) is 36.6 Å². The van der Waals surface area contributed by atoms with Gasteiger partial charge in [-0.1, -0.05) is 12.1 Å². The quantitative estimate of drug-likeness (QED) is 0.0556. The molecule has 6 aliphatic rings. The van der Waals surface area contributed by atoms with Crippen molar-refractivity contribution in [1.29, 1.82) is 0 Å². The molecular formula is C64H66N14O18S5. The van der Waals surface area contributed by atoms with Crippen LogP contribution in [0.5, 0.6) is 5.75 Å². The fourth-order valence-corrected chi connectivity index (χ4v) is 17.2. The first kappa shape index (κ1) is 69.3. The summed E-state index contributed by atoms with van der Waals surface area (Å²) in [5, 5.41) is 57.2. The number of thiazole rings is 5. The molecule has 0 radical (unpaired) electrons. The number of aromatic nitrogens is 7. The molecule has 10 unspecified atom stereocenters. The fraction of sp³-hybridized carbons (Fsp3) is 0.422. The lowest BCUT2D eigenvalue weighted by Gasteiger charge is -2.45. The Kier molecular flexibility index (Phi) is 19.6. The lowest BCUT2D eigenvalue weighted by molar-refractivity contribution is -0.268. The van der Waals surface area contributed by atoms with Gasteiger partial charge in [0.05, 0.1) is 63.0 Å². The Morgan fingerprint density at radius 1 is 0.842 bits per heavy atom. The van der Waals surface area contributed by atoms with Gasteiger partial charge in [-0.15, -0.1) is 56.7 Å². The lowest BCUT2D eigenvalue weighted by Crippen LogP contribution is -2.58. The second-order valence-corrected chi connectivity index (χ2v) is 29.1. The number of carbonyl (C=O) groups excluding carboxylic acids is 7. The molecular weight excluding hydrogens is 1410 g/mol. The van der Waals surface area contributed by atoms with Gasteiger partial charge in [-0.2, -0.15) is 4.73 Å². The molecule has 530 valence electrons. The van der Waals surface area contributed by atoms with E-state index < -0.39 is 127 Å². The van der Waals surface area contributed by atoms with Crippen molar-refractivity contribution in [2.75, 3.05) is 66.9 Å². The second kappa shape index (κ2) is 28.5. The maximum atomic E-state index is 15.2. The minimum Gasteiger partial charge on any atom is -0.506 e. The number of nitrogens with one attached hydrogen (secondary N) is 5. The monoisotopic (exact) mass is 1480 g/mol. The van der Waals surface area contributed by atoms with E-state index in [-0.39, 0.29) is 118 Å². The van der Waals surface area contributed by atoms with Crippen LogP contribution in [0.4, 0.5) is 0 Å². The minimum absolute atomic E-state index is 0.0147. The van der Waals surface area contributed by atoms with E-state index >= 15 is 19.2 Å². The van der Waals surface area contributed by atoms with Crippen molar-refractivity contribution in [3.05, 3.63) is 112 Å². The molecule has 8 aromatic rings. The summed E-state index contributed by atoms with van der Waals surface area (Å²) in [5.74, 6) is -6.47. The summed E-state index contributed by atoms with van der Waals surface area (Å²) < 4.78 is 50.5. The Balaban J connectivity index is 0.911. The molecule has 7 aromatic heterocycles. The summed E-state index contributed by atoms with van der Waals surface area (Å²) >= 11 is 4.80. The number of aliphatic hydroxyl groups is 1. The number of cyclic esters (lactones) is 2. The predicted octanol–water partition coefficient (Wildman–Crippen LogP) is 4.59. The van der Waals surface area contributed by atoms with Crippen LogP contribution in [-0.2, 0) is 60.7 Å². The highest BCUT2D eigenvalue weighted by molar-refractivity contribution is 7.14. The van der Waals surface area contributed by atoms with Gasteiger partial charge in [0.2, 0.25) is 5.91 Å². The van der Waals surface area contributed by atoms with Gasteiger partial charge in [0, 0.05) is 76.0 Å². The maximum Gasteiger partial charge on any atom is 0.358 e. The van der Waals surface area contributed by atoms with Crippen molar-refractivity contribution in [2.24, 2.45) is 0 Å². The zero-order chi connectivity index (χ0) is 70.7. The number of methoxy groups -OCH3 is 1. The second-order valence-electron chi connectivity index (χ2n) is 24.8. The van der Waals surface area contributed by atoms with Crippen LogP contribution >= 0.6 is 56.7 Å². The highest BCUT2D eigenvalue weighted by atomic mass is 32.1. The van der Waals surface area contributed by atoms with E-state index in [1.54, 1.807) is 17.5 Å². The van der Waals surface area contributed by atoms with Gasteiger partial charge in [-0.3, -0.25) is 33.8 Å². The van der Waals surface area contributed by atoms with E-state index in [1.165, 1.54) is 54.6 Å². The normalized spacial score (nSPS) is 25.5. The van der Waals surface area contributed by atoms with Crippen LogP contribution < -0.4 is 26.6 Å².